The van der Waals surface area contributed by atoms with Crippen LogP contribution in [-0.4, -0.2) is 29.1 Å². The van der Waals surface area contributed by atoms with Crippen LogP contribution in [0.2, 0.25) is 0 Å². The summed E-state index contributed by atoms with van der Waals surface area (Å²) in [6.45, 7) is 7.79. The second-order valence-corrected chi connectivity index (χ2v) is 5.81. The number of benzene rings is 1. The van der Waals surface area contributed by atoms with E-state index < -0.39 is 17.4 Å². The van der Waals surface area contributed by atoms with Gasteiger partial charge in [0, 0.05) is 12.2 Å². The molecule has 0 radical (unpaired) electrons. The Morgan fingerprint density at radius 3 is 2.27 bits per heavy atom. The van der Waals surface area contributed by atoms with Crippen molar-refractivity contribution in [2.75, 3.05) is 11.9 Å². The first kappa shape index (κ1) is 18.2. The average molecular weight is 306 g/mol. The van der Waals surface area contributed by atoms with Gasteiger partial charge in [-0.25, -0.2) is 0 Å². The minimum absolute atomic E-state index is 0.0675. The zero-order valence-electron chi connectivity index (χ0n) is 13.8. The van der Waals surface area contributed by atoms with Gasteiger partial charge in [-0.1, -0.05) is 45.9 Å². The Kier molecular flexibility index (Phi) is 6.56. The van der Waals surface area contributed by atoms with Crippen molar-refractivity contribution in [3.05, 3.63) is 29.8 Å². The second kappa shape index (κ2) is 7.94. The normalized spacial score (nSPS) is 11.4. The Morgan fingerprint density at radius 1 is 1.14 bits per heavy atom. The Morgan fingerprint density at radius 2 is 1.73 bits per heavy atom. The van der Waals surface area contributed by atoms with E-state index in [9.17, 15) is 14.7 Å². The number of carbonyl (C=O) groups is 2. The number of hydrogen-bond donors (Lipinski definition) is 3. The summed E-state index contributed by atoms with van der Waals surface area (Å²) in [4.78, 5) is 23.8. The second-order valence-electron chi connectivity index (χ2n) is 5.81. The number of amides is 2. The molecule has 3 N–H and O–H groups in total. The summed E-state index contributed by atoms with van der Waals surface area (Å²) in [5.41, 5.74) is 0.646. The zero-order valence-corrected chi connectivity index (χ0v) is 13.8. The summed E-state index contributed by atoms with van der Waals surface area (Å²) in [6, 6.07) is 7.40. The van der Waals surface area contributed by atoms with E-state index in [0.29, 0.717) is 18.5 Å². The molecule has 1 aromatic rings. The van der Waals surface area contributed by atoms with Crippen LogP contribution >= 0.6 is 0 Å². The first-order chi connectivity index (χ1) is 10.3. The van der Waals surface area contributed by atoms with Gasteiger partial charge >= 0.3 is 11.8 Å². The van der Waals surface area contributed by atoms with E-state index in [-0.39, 0.29) is 12.5 Å². The summed E-state index contributed by atoms with van der Waals surface area (Å²) in [5.74, 6) is -1.22. The molecule has 22 heavy (non-hydrogen) atoms. The molecule has 0 atom stereocenters. The molecular weight excluding hydrogens is 280 g/mol. The fraction of sp³-hybridized carbons (Fsp3) is 0.529. The molecule has 0 aliphatic carbocycles. The fourth-order valence-corrected chi connectivity index (χ4v) is 2.12. The molecule has 0 spiro atoms. The Labute approximate surface area is 132 Å². The first-order valence-electron chi connectivity index (χ1n) is 7.73. The van der Waals surface area contributed by atoms with Crippen molar-refractivity contribution in [3.63, 3.8) is 0 Å². The number of carbonyl (C=O) groups excluding carboxylic acids is 2. The van der Waals surface area contributed by atoms with Crippen LogP contribution in [0.15, 0.2) is 24.3 Å². The maximum absolute atomic E-state index is 12.0. The molecule has 0 saturated heterocycles. The van der Waals surface area contributed by atoms with Gasteiger partial charge < -0.3 is 15.7 Å². The standard InChI is InChI=1S/C17H26N2O3/c1-5-17(22,6-2)11-18-15(20)16(21)19-14-10-8-7-9-13(14)12(3)4/h7-10,12,22H,5-6,11H2,1-4H3,(H,18,20)(H,19,21). The summed E-state index contributed by atoms with van der Waals surface area (Å²) < 4.78 is 0. The van der Waals surface area contributed by atoms with E-state index >= 15 is 0 Å². The lowest BCUT2D eigenvalue weighted by Crippen LogP contribution is -2.45. The lowest BCUT2D eigenvalue weighted by molar-refractivity contribution is -0.136. The van der Waals surface area contributed by atoms with Gasteiger partial charge in [0.25, 0.3) is 0 Å². The highest BCUT2D eigenvalue weighted by Crippen LogP contribution is 2.23. The highest BCUT2D eigenvalue weighted by Gasteiger charge is 2.24. The van der Waals surface area contributed by atoms with Gasteiger partial charge in [0.2, 0.25) is 0 Å². The van der Waals surface area contributed by atoms with Crippen LogP contribution in [0, 0.1) is 0 Å². The molecule has 0 saturated carbocycles. The van der Waals surface area contributed by atoms with Crippen molar-refractivity contribution in [1.29, 1.82) is 0 Å². The molecule has 0 aliphatic heterocycles. The summed E-state index contributed by atoms with van der Waals surface area (Å²) in [7, 11) is 0. The highest BCUT2D eigenvalue weighted by molar-refractivity contribution is 6.39. The molecule has 0 fully saturated rings. The fourth-order valence-electron chi connectivity index (χ4n) is 2.12. The van der Waals surface area contributed by atoms with E-state index in [1.54, 1.807) is 6.07 Å². The number of para-hydroxylation sites is 1. The summed E-state index contributed by atoms with van der Waals surface area (Å²) in [6.07, 6.45) is 1.03. The maximum atomic E-state index is 12.0. The quantitative estimate of drug-likeness (QED) is 0.706. The van der Waals surface area contributed by atoms with Crippen molar-refractivity contribution in [2.45, 2.75) is 52.1 Å². The minimum atomic E-state index is -0.966. The van der Waals surface area contributed by atoms with Crippen LogP contribution in [-0.2, 0) is 9.59 Å². The Balaban J connectivity index is 2.68. The van der Waals surface area contributed by atoms with E-state index in [1.807, 2.05) is 45.9 Å². The monoisotopic (exact) mass is 306 g/mol. The molecule has 2 amide bonds. The smallest absolute Gasteiger partial charge is 0.313 e. The zero-order chi connectivity index (χ0) is 16.8. The molecule has 0 heterocycles. The van der Waals surface area contributed by atoms with Gasteiger partial charge in [0.1, 0.15) is 0 Å². The first-order valence-corrected chi connectivity index (χ1v) is 7.73. The van der Waals surface area contributed by atoms with Crippen LogP contribution in [0.25, 0.3) is 0 Å². The van der Waals surface area contributed by atoms with Gasteiger partial charge in [-0.2, -0.15) is 0 Å². The third-order valence-corrected chi connectivity index (χ3v) is 3.93. The minimum Gasteiger partial charge on any atom is -0.388 e. The van der Waals surface area contributed by atoms with E-state index in [1.165, 1.54) is 0 Å². The van der Waals surface area contributed by atoms with Crippen molar-refractivity contribution < 1.29 is 14.7 Å². The van der Waals surface area contributed by atoms with Crippen molar-refractivity contribution in [3.8, 4) is 0 Å². The van der Waals surface area contributed by atoms with Crippen LogP contribution < -0.4 is 10.6 Å². The number of aliphatic hydroxyl groups is 1. The molecule has 1 rings (SSSR count). The third kappa shape index (κ3) is 4.84. The van der Waals surface area contributed by atoms with Gasteiger partial charge in [0.15, 0.2) is 0 Å². The molecule has 0 unspecified atom stereocenters. The number of nitrogens with one attached hydrogen (secondary N) is 2. The molecular formula is C17H26N2O3. The van der Waals surface area contributed by atoms with Crippen molar-refractivity contribution in [2.24, 2.45) is 0 Å². The van der Waals surface area contributed by atoms with Crippen LogP contribution in [0.3, 0.4) is 0 Å². The Hall–Kier alpha value is -1.88. The van der Waals surface area contributed by atoms with Crippen molar-refractivity contribution >= 4 is 17.5 Å². The average Bonchev–Trinajstić information content (AvgIpc) is 2.52. The molecule has 122 valence electrons. The number of hydrogen-bond acceptors (Lipinski definition) is 3. The molecule has 1 aromatic carbocycles. The number of anilines is 1. The molecule has 0 aliphatic rings. The highest BCUT2D eigenvalue weighted by atomic mass is 16.3. The summed E-state index contributed by atoms with van der Waals surface area (Å²) >= 11 is 0. The summed E-state index contributed by atoms with van der Waals surface area (Å²) in [5, 5.41) is 15.2. The van der Waals surface area contributed by atoms with Crippen molar-refractivity contribution in [1.82, 2.24) is 5.32 Å². The van der Waals surface area contributed by atoms with E-state index in [2.05, 4.69) is 10.6 Å². The lowest BCUT2D eigenvalue weighted by Gasteiger charge is -2.25. The van der Waals surface area contributed by atoms with Crippen LogP contribution in [0.4, 0.5) is 5.69 Å². The maximum Gasteiger partial charge on any atom is 0.313 e. The van der Waals surface area contributed by atoms with Gasteiger partial charge in [-0.15, -0.1) is 0 Å². The van der Waals surface area contributed by atoms with Gasteiger partial charge in [0.05, 0.1) is 5.60 Å². The SMILES string of the molecule is CCC(O)(CC)CNC(=O)C(=O)Nc1ccccc1C(C)C. The number of rotatable bonds is 6. The molecule has 0 aromatic heterocycles. The Bertz CT molecular complexity index is 522. The van der Waals surface area contributed by atoms with Gasteiger partial charge in [-0.3, -0.25) is 9.59 Å². The largest absolute Gasteiger partial charge is 0.388 e. The van der Waals surface area contributed by atoms with Crippen LogP contribution in [0.1, 0.15) is 52.0 Å². The van der Waals surface area contributed by atoms with Gasteiger partial charge in [-0.05, 0) is 30.4 Å². The predicted molar refractivity (Wildman–Crippen MR) is 87.7 cm³/mol. The van der Waals surface area contributed by atoms with E-state index in [0.717, 1.165) is 5.56 Å². The van der Waals surface area contributed by atoms with E-state index in [4.69, 9.17) is 0 Å². The predicted octanol–water partition coefficient (Wildman–Crippen LogP) is 2.42. The molecule has 0 bridgehead atoms. The lowest BCUT2D eigenvalue weighted by atomic mass is 9.97. The molecule has 5 heteroatoms. The van der Waals surface area contributed by atoms with Crippen LogP contribution in [0.5, 0.6) is 0 Å². The third-order valence-electron chi connectivity index (χ3n) is 3.93. The molecule has 5 nitrogen and oxygen atoms in total. The topological polar surface area (TPSA) is 78.4 Å².